The summed E-state index contributed by atoms with van der Waals surface area (Å²) in [7, 11) is 0. The van der Waals surface area contributed by atoms with Gasteiger partial charge < -0.3 is 5.11 Å². The van der Waals surface area contributed by atoms with Crippen LogP contribution < -0.4 is 0 Å². The van der Waals surface area contributed by atoms with Gasteiger partial charge in [0, 0.05) is 12.5 Å². The summed E-state index contributed by atoms with van der Waals surface area (Å²) in [4.78, 5) is 0. The topological polar surface area (TPSA) is 20.2 Å². The number of fused-ring (bicyclic) bond motifs is 1. The van der Waals surface area contributed by atoms with Crippen LogP contribution in [0.15, 0.2) is 30.3 Å². The molecule has 2 atom stereocenters. The number of rotatable bonds is 4. The highest BCUT2D eigenvalue weighted by molar-refractivity contribution is 5.62. The molecule has 0 spiro atoms. The fraction of sp³-hybridized carbons (Fsp3) is 0.429. The maximum Gasteiger partial charge on any atom is 0.0468 e. The lowest BCUT2D eigenvalue weighted by Gasteiger charge is -2.20. The van der Waals surface area contributed by atoms with Crippen LogP contribution in [0.1, 0.15) is 36.8 Å². The van der Waals surface area contributed by atoms with Crippen LogP contribution in [-0.4, -0.2) is 11.7 Å². The second-order valence-electron chi connectivity index (χ2n) is 4.25. The number of aliphatic hydroxyl groups excluding tert-OH is 1. The van der Waals surface area contributed by atoms with E-state index in [9.17, 15) is 5.11 Å². The van der Waals surface area contributed by atoms with Crippen LogP contribution in [-0.2, 0) is 0 Å². The third kappa shape index (κ3) is 1.98. The molecule has 2 unspecified atom stereocenters. The number of aliphatic hydroxyl groups is 1. The molecule has 1 aromatic rings. The fourth-order valence-corrected chi connectivity index (χ4v) is 2.44. The molecule has 0 radical (unpaired) electrons. The van der Waals surface area contributed by atoms with Crippen molar-refractivity contribution in [2.75, 3.05) is 6.61 Å². The van der Waals surface area contributed by atoms with Crippen LogP contribution in [0, 0.1) is 5.92 Å². The van der Waals surface area contributed by atoms with E-state index in [2.05, 4.69) is 43.3 Å². The first-order valence-corrected chi connectivity index (χ1v) is 5.74. The standard InChI is InChI=1S/C14H18O/c1-2-5-12(10-15)14-9-8-11-6-3-4-7-13(11)14/h3-4,6-9,12,14-15H,2,5,10H2,1H3. The Balaban J connectivity index is 2.22. The minimum atomic E-state index is 0.289. The molecule has 0 aliphatic heterocycles. The molecule has 0 saturated carbocycles. The van der Waals surface area contributed by atoms with E-state index in [-0.39, 0.29) is 6.61 Å². The molecule has 2 rings (SSSR count). The predicted octanol–water partition coefficient (Wildman–Crippen LogP) is 3.21. The molecule has 80 valence electrons. The monoisotopic (exact) mass is 202 g/mol. The minimum absolute atomic E-state index is 0.289. The largest absolute Gasteiger partial charge is 0.396 e. The van der Waals surface area contributed by atoms with Gasteiger partial charge in [-0.05, 0) is 23.5 Å². The first-order chi connectivity index (χ1) is 7.36. The van der Waals surface area contributed by atoms with E-state index in [4.69, 9.17) is 0 Å². The summed E-state index contributed by atoms with van der Waals surface area (Å²) in [5, 5.41) is 9.41. The molecule has 1 aliphatic carbocycles. The van der Waals surface area contributed by atoms with Crippen molar-refractivity contribution in [3.05, 3.63) is 41.5 Å². The van der Waals surface area contributed by atoms with Gasteiger partial charge in [0.25, 0.3) is 0 Å². The van der Waals surface area contributed by atoms with Crippen LogP contribution in [0.2, 0.25) is 0 Å². The average Bonchev–Trinajstić information content (AvgIpc) is 2.70. The zero-order valence-corrected chi connectivity index (χ0v) is 9.19. The maximum absolute atomic E-state index is 9.41. The van der Waals surface area contributed by atoms with Crippen LogP contribution in [0.3, 0.4) is 0 Å². The number of hydrogen-bond acceptors (Lipinski definition) is 1. The highest BCUT2D eigenvalue weighted by Crippen LogP contribution is 2.37. The minimum Gasteiger partial charge on any atom is -0.396 e. The fourth-order valence-electron chi connectivity index (χ4n) is 2.44. The molecule has 0 fully saturated rings. The van der Waals surface area contributed by atoms with Gasteiger partial charge in [0.05, 0.1) is 0 Å². The molecule has 0 amide bonds. The maximum atomic E-state index is 9.41. The molecule has 15 heavy (non-hydrogen) atoms. The summed E-state index contributed by atoms with van der Waals surface area (Å²) in [6, 6.07) is 8.48. The Morgan fingerprint density at radius 2 is 2.13 bits per heavy atom. The number of allylic oxidation sites excluding steroid dienone is 1. The van der Waals surface area contributed by atoms with E-state index in [1.165, 1.54) is 11.1 Å². The van der Waals surface area contributed by atoms with E-state index >= 15 is 0 Å². The van der Waals surface area contributed by atoms with Gasteiger partial charge in [-0.3, -0.25) is 0 Å². The number of benzene rings is 1. The Bertz CT molecular complexity index is 354. The van der Waals surface area contributed by atoms with Crippen molar-refractivity contribution in [1.29, 1.82) is 0 Å². The third-order valence-corrected chi connectivity index (χ3v) is 3.24. The summed E-state index contributed by atoms with van der Waals surface area (Å²) in [5.74, 6) is 0.807. The van der Waals surface area contributed by atoms with E-state index in [1.54, 1.807) is 0 Å². The highest BCUT2D eigenvalue weighted by atomic mass is 16.3. The second kappa shape index (κ2) is 4.63. The van der Waals surface area contributed by atoms with Gasteiger partial charge in [-0.15, -0.1) is 0 Å². The Labute approximate surface area is 91.4 Å². The zero-order valence-electron chi connectivity index (χ0n) is 9.19. The Morgan fingerprint density at radius 1 is 1.33 bits per heavy atom. The van der Waals surface area contributed by atoms with Crippen LogP contribution in [0.25, 0.3) is 6.08 Å². The summed E-state index contributed by atoms with van der Waals surface area (Å²) < 4.78 is 0. The highest BCUT2D eigenvalue weighted by Gasteiger charge is 2.24. The molecule has 1 heteroatoms. The van der Waals surface area contributed by atoms with Crippen molar-refractivity contribution in [2.24, 2.45) is 5.92 Å². The van der Waals surface area contributed by atoms with Crippen molar-refractivity contribution < 1.29 is 5.11 Å². The molecule has 0 aromatic heterocycles. The molecule has 1 N–H and O–H groups in total. The molecule has 0 heterocycles. The lowest BCUT2D eigenvalue weighted by atomic mass is 9.85. The first kappa shape index (κ1) is 10.4. The third-order valence-electron chi connectivity index (χ3n) is 3.24. The summed E-state index contributed by atoms with van der Waals surface area (Å²) in [6.45, 7) is 2.46. The van der Waals surface area contributed by atoms with Gasteiger partial charge >= 0.3 is 0 Å². The van der Waals surface area contributed by atoms with Crippen molar-refractivity contribution in [1.82, 2.24) is 0 Å². The summed E-state index contributed by atoms with van der Waals surface area (Å²) >= 11 is 0. The first-order valence-electron chi connectivity index (χ1n) is 5.74. The van der Waals surface area contributed by atoms with Crippen LogP contribution in [0.4, 0.5) is 0 Å². The lowest BCUT2D eigenvalue weighted by molar-refractivity contribution is 0.207. The van der Waals surface area contributed by atoms with Crippen molar-refractivity contribution >= 4 is 6.08 Å². The van der Waals surface area contributed by atoms with Crippen molar-refractivity contribution in [2.45, 2.75) is 25.7 Å². The summed E-state index contributed by atoms with van der Waals surface area (Å²) in [6.07, 6.45) is 6.65. The zero-order chi connectivity index (χ0) is 10.7. The lowest BCUT2D eigenvalue weighted by Crippen LogP contribution is -2.14. The Kier molecular flexibility index (Phi) is 3.22. The predicted molar refractivity (Wildman–Crippen MR) is 63.7 cm³/mol. The molecular formula is C14H18O. The molecule has 1 aromatic carbocycles. The van der Waals surface area contributed by atoms with E-state index in [0.717, 1.165) is 12.8 Å². The normalized spacial score (nSPS) is 20.3. The van der Waals surface area contributed by atoms with Crippen LogP contribution >= 0.6 is 0 Å². The summed E-state index contributed by atoms with van der Waals surface area (Å²) in [5.41, 5.74) is 2.70. The van der Waals surface area contributed by atoms with Crippen molar-refractivity contribution in [3.8, 4) is 0 Å². The van der Waals surface area contributed by atoms with Gasteiger partial charge in [0.1, 0.15) is 0 Å². The molecule has 0 saturated heterocycles. The molecule has 1 aliphatic rings. The van der Waals surface area contributed by atoms with Gasteiger partial charge in [0.2, 0.25) is 0 Å². The van der Waals surface area contributed by atoms with Gasteiger partial charge in [-0.1, -0.05) is 49.8 Å². The number of hydrogen-bond donors (Lipinski definition) is 1. The molecule has 0 bridgehead atoms. The van der Waals surface area contributed by atoms with Gasteiger partial charge in [-0.2, -0.15) is 0 Å². The van der Waals surface area contributed by atoms with E-state index in [1.807, 2.05) is 0 Å². The Hall–Kier alpha value is -1.08. The molecule has 1 nitrogen and oxygen atoms in total. The Morgan fingerprint density at radius 3 is 2.87 bits per heavy atom. The average molecular weight is 202 g/mol. The van der Waals surface area contributed by atoms with E-state index in [0.29, 0.717) is 11.8 Å². The second-order valence-corrected chi connectivity index (χ2v) is 4.25. The quantitative estimate of drug-likeness (QED) is 0.795. The van der Waals surface area contributed by atoms with Crippen LogP contribution in [0.5, 0.6) is 0 Å². The van der Waals surface area contributed by atoms with Gasteiger partial charge in [-0.25, -0.2) is 0 Å². The molecular weight excluding hydrogens is 184 g/mol. The van der Waals surface area contributed by atoms with Crippen molar-refractivity contribution in [3.63, 3.8) is 0 Å². The van der Waals surface area contributed by atoms with Gasteiger partial charge in [0.15, 0.2) is 0 Å². The smallest absolute Gasteiger partial charge is 0.0468 e. The SMILES string of the molecule is CCCC(CO)C1C=Cc2ccccc21. The van der Waals surface area contributed by atoms with E-state index < -0.39 is 0 Å².